The van der Waals surface area contributed by atoms with E-state index in [-0.39, 0.29) is 6.54 Å². The molecule has 1 aromatic carbocycles. The van der Waals surface area contributed by atoms with Gasteiger partial charge in [-0.05, 0) is 24.1 Å². The van der Waals surface area contributed by atoms with Crippen LogP contribution in [0.2, 0.25) is 0 Å². The van der Waals surface area contributed by atoms with Crippen molar-refractivity contribution in [3.8, 4) is 0 Å². The minimum absolute atomic E-state index is 0.267. The molecule has 8 heteroatoms. The molecule has 136 valence electrons. The fraction of sp³-hybridized carbons (Fsp3) is 0.389. The first-order chi connectivity index (χ1) is 12.4. The van der Waals surface area contributed by atoms with Gasteiger partial charge in [0.25, 0.3) is 5.56 Å². The van der Waals surface area contributed by atoms with Crippen LogP contribution in [0.1, 0.15) is 12.5 Å². The second-order valence-electron chi connectivity index (χ2n) is 6.68. The van der Waals surface area contributed by atoms with Crippen molar-refractivity contribution in [1.29, 1.82) is 0 Å². The van der Waals surface area contributed by atoms with Crippen LogP contribution in [0.25, 0.3) is 11.2 Å². The largest absolute Gasteiger partial charge is 0.389 e. The van der Waals surface area contributed by atoms with Gasteiger partial charge in [-0.1, -0.05) is 19.1 Å². The number of rotatable bonds is 2. The van der Waals surface area contributed by atoms with Crippen molar-refractivity contribution in [1.82, 2.24) is 18.7 Å². The highest BCUT2D eigenvalue weighted by molar-refractivity contribution is 5.77. The lowest BCUT2D eigenvalue weighted by atomic mass is 10.1. The van der Waals surface area contributed by atoms with E-state index in [1.807, 2.05) is 29.2 Å². The molecular weight excluding hydrogens is 334 g/mol. The summed E-state index contributed by atoms with van der Waals surface area (Å²) in [6.07, 6.45) is 0.298. The maximum Gasteiger partial charge on any atom is 0.332 e. The normalized spacial score (nSPS) is 16.9. The van der Waals surface area contributed by atoms with Gasteiger partial charge in [-0.2, -0.15) is 4.98 Å². The lowest BCUT2D eigenvalue weighted by Gasteiger charge is -2.32. The summed E-state index contributed by atoms with van der Waals surface area (Å²) in [5, 5.41) is 10.4. The summed E-state index contributed by atoms with van der Waals surface area (Å²) in [4.78, 5) is 31.3. The molecule has 8 nitrogen and oxygen atoms in total. The van der Waals surface area contributed by atoms with Crippen molar-refractivity contribution in [2.24, 2.45) is 14.1 Å². The predicted molar refractivity (Wildman–Crippen MR) is 99.0 cm³/mol. The van der Waals surface area contributed by atoms with Gasteiger partial charge in [0.1, 0.15) is 0 Å². The number of hydrogen-bond donors (Lipinski definition) is 1. The monoisotopic (exact) mass is 355 g/mol. The molecule has 0 bridgehead atoms. The topological polar surface area (TPSA) is 85.3 Å². The molecule has 0 saturated carbocycles. The summed E-state index contributed by atoms with van der Waals surface area (Å²) in [5.41, 5.74) is 1.95. The van der Waals surface area contributed by atoms with Gasteiger partial charge < -0.3 is 14.6 Å². The number of nitrogens with zero attached hydrogens (tertiary/aromatic N) is 5. The van der Waals surface area contributed by atoms with Crippen LogP contribution < -0.4 is 16.1 Å². The molecule has 0 spiro atoms. The molecular formula is C18H21N5O3. The van der Waals surface area contributed by atoms with Crippen molar-refractivity contribution in [2.45, 2.75) is 26.0 Å². The van der Waals surface area contributed by atoms with Crippen molar-refractivity contribution >= 4 is 22.8 Å². The molecule has 4 rings (SSSR count). The number of aliphatic hydroxyl groups excluding tert-OH is 1. The Hall–Kier alpha value is -2.87. The molecule has 0 saturated heterocycles. The highest BCUT2D eigenvalue weighted by atomic mass is 16.3. The van der Waals surface area contributed by atoms with E-state index >= 15 is 0 Å². The van der Waals surface area contributed by atoms with Crippen LogP contribution in [0.5, 0.6) is 0 Å². The number of aryl methyl sites for hydroxylation is 2. The third kappa shape index (κ3) is 2.29. The zero-order valence-electron chi connectivity index (χ0n) is 15.0. The highest BCUT2D eigenvalue weighted by Gasteiger charge is 2.30. The smallest absolute Gasteiger partial charge is 0.332 e. The van der Waals surface area contributed by atoms with E-state index in [0.29, 0.717) is 23.7 Å². The average Bonchev–Trinajstić information content (AvgIpc) is 3.03. The van der Waals surface area contributed by atoms with Crippen LogP contribution in [-0.2, 0) is 27.1 Å². The average molecular weight is 355 g/mol. The number of fused-ring (bicyclic) bond motifs is 3. The lowest BCUT2D eigenvalue weighted by molar-refractivity contribution is 0.154. The maximum absolute atomic E-state index is 12.7. The molecule has 1 aliphatic heterocycles. The van der Waals surface area contributed by atoms with Crippen LogP contribution in [0.3, 0.4) is 0 Å². The molecule has 3 aromatic rings. The molecule has 1 N–H and O–H groups in total. The molecule has 1 aliphatic rings. The summed E-state index contributed by atoms with van der Waals surface area (Å²) < 4.78 is 4.14. The Kier molecular flexibility index (Phi) is 3.73. The first-order valence-electron chi connectivity index (χ1n) is 8.63. The van der Waals surface area contributed by atoms with E-state index in [4.69, 9.17) is 0 Å². The molecule has 0 radical (unpaired) electrons. The zero-order valence-corrected chi connectivity index (χ0v) is 15.0. The number of imidazole rings is 1. The van der Waals surface area contributed by atoms with E-state index in [1.54, 1.807) is 11.6 Å². The molecule has 0 unspecified atom stereocenters. The second-order valence-corrected chi connectivity index (χ2v) is 6.68. The quantitative estimate of drug-likeness (QED) is 0.724. The van der Waals surface area contributed by atoms with Crippen molar-refractivity contribution < 1.29 is 5.11 Å². The van der Waals surface area contributed by atoms with Gasteiger partial charge >= 0.3 is 5.69 Å². The van der Waals surface area contributed by atoms with E-state index in [0.717, 1.165) is 16.7 Å². The van der Waals surface area contributed by atoms with Crippen LogP contribution in [-0.4, -0.2) is 36.4 Å². The van der Waals surface area contributed by atoms with Gasteiger partial charge in [0, 0.05) is 19.8 Å². The number of aliphatic hydroxyl groups is 1. The van der Waals surface area contributed by atoms with Gasteiger partial charge in [-0.15, -0.1) is 0 Å². The minimum atomic E-state index is -0.646. The summed E-state index contributed by atoms with van der Waals surface area (Å²) in [6, 6.07) is 8.05. The Labute approximate surface area is 149 Å². The Morgan fingerprint density at radius 1 is 1.12 bits per heavy atom. The van der Waals surface area contributed by atoms with E-state index in [9.17, 15) is 14.7 Å². The summed E-state index contributed by atoms with van der Waals surface area (Å²) in [5.74, 6) is 0.563. The predicted octanol–water partition coefficient (Wildman–Crippen LogP) is 0.509. The third-order valence-electron chi connectivity index (χ3n) is 5.01. The molecule has 2 aromatic heterocycles. The van der Waals surface area contributed by atoms with E-state index in [1.165, 1.54) is 17.2 Å². The van der Waals surface area contributed by atoms with Gasteiger partial charge in [0.2, 0.25) is 5.95 Å². The van der Waals surface area contributed by atoms with Gasteiger partial charge in [0.05, 0.1) is 19.2 Å². The number of anilines is 2. The Morgan fingerprint density at radius 3 is 2.46 bits per heavy atom. The number of hydrogen-bond acceptors (Lipinski definition) is 5. The fourth-order valence-corrected chi connectivity index (χ4v) is 3.51. The van der Waals surface area contributed by atoms with Crippen molar-refractivity contribution in [3.05, 3.63) is 50.7 Å². The maximum atomic E-state index is 12.7. The van der Waals surface area contributed by atoms with E-state index < -0.39 is 17.4 Å². The Bertz CT molecular complexity index is 1110. The second kappa shape index (κ2) is 5.84. The summed E-state index contributed by atoms with van der Waals surface area (Å²) >= 11 is 0. The molecule has 0 fully saturated rings. The molecule has 26 heavy (non-hydrogen) atoms. The SMILES string of the molecule is CCc1ccc(N2C[C@@H](O)Cn3c2nc2c3c(=O)n(C)c(=O)n2C)cc1. The molecule has 0 amide bonds. The van der Waals surface area contributed by atoms with Gasteiger partial charge in [-0.3, -0.25) is 13.9 Å². The van der Waals surface area contributed by atoms with Crippen LogP contribution in [0, 0.1) is 0 Å². The number of benzene rings is 1. The zero-order chi connectivity index (χ0) is 18.6. The fourth-order valence-electron chi connectivity index (χ4n) is 3.51. The first-order valence-corrected chi connectivity index (χ1v) is 8.63. The standard InChI is InChI=1S/C18H21N5O3/c1-4-11-5-7-12(8-6-11)22-9-13(24)10-23-14-15(19-17(22)23)20(2)18(26)21(3)16(14)25/h5-8,13,24H,4,9-10H2,1-3H3/t13-/m1/s1. The van der Waals surface area contributed by atoms with Crippen molar-refractivity contribution in [2.75, 3.05) is 11.4 Å². The third-order valence-corrected chi connectivity index (χ3v) is 5.01. The molecule has 1 atom stereocenters. The Balaban J connectivity index is 1.98. The van der Waals surface area contributed by atoms with Gasteiger partial charge in [-0.25, -0.2) is 4.79 Å². The number of aromatic nitrogens is 4. The summed E-state index contributed by atoms with van der Waals surface area (Å²) in [6.45, 7) is 2.74. The van der Waals surface area contributed by atoms with Crippen molar-refractivity contribution in [3.63, 3.8) is 0 Å². The van der Waals surface area contributed by atoms with Crippen LogP contribution in [0.4, 0.5) is 11.6 Å². The molecule has 3 heterocycles. The minimum Gasteiger partial charge on any atom is -0.389 e. The highest BCUT2D eigenvalue weighted by Crippen LogP contribution is 2.31. The number of β-amino-alcohol motifs (C(OH)–C–C–N with tert-alkyl or cyclic N) is 1. The first kappa shape index (κ1) is 16.6. The lowest BCUT2D eigenvalue weighted by Crippen LogP contribution is -2.40. The van der Waals surface area contributed by atoms with Gasteiger partial charge in [0.15, 0.2) is 11.2 Å². The van der Waals surface area contributed by atoms with Crippen LogP contribution >= 0.6 is 0 Å². The van der Waals surface area contributed by atoms with E-state index in [2.05, 4.69) is 11.9 Å². The van der Waals surface area contributed by atoms with Crippen LogP contribution in [0.15, 0.2) is 33.9 Å². The Morgan fingerprint density at radius 2 is 1.81 bits per heavy atom. The molecule has 0 aliphatic carbocycles. The summed E-state index contributed by atoms with van der Waals surface area (Å²) in [7, 11) is 3.05.